The van der Waals surface area contributed by atoms with Crippen LogP contribution in [0.4, 0.5) is 5.69 Å². The number of nitrogens with one attached hydrogen (secondary N) is 1. The van der Waals surface area contributed by atoms with Crippen molar-refractivity contribution in [2.24, 2.45) is 5.73 Å². The number of aryl methyl sites for hydroxylation is 1. The van der Waals surface area contributed by atoms with Crippen molar-refractivity contribution in [3.63, 3.8) is 0 Å². The quantitative estimate of drug-likeness (QED) is 0.899. The van der Waals surface area contributed by atoms with Crippen molar-refractivity contribution in [3.8, 4) is 0 Å². The van der Waals surface area contributed by atoms with Gasteiger partial charge in [0.15, 0.2) is 0 Å². The number of nitrogens with two attached hydrogens (primary N) is 1. The molecule has 0 fully saturated rings. The third-order valence-electron chi connectivity index (χ3n) is 2.74. The van der Waals surface area contributed by atoms with Crippen molar-refractivity contribution in [2.45, 2.75) is 18.4 Å². The van der Waals surface area contributed by atoms with E-state index in [1.807, 2.05) is 19.1 Å². The lowest BCUT2D eigenvalue weighted by atomic mass is 10.2. The van der Waals surface area contributed by atoms with Crippen LogP contribution in [-0.2, 0) is 16.6 Å². The van der Waals surface area contributed by atoms with E-state index in [1.165, 1.54) is 0 Å². The van der Waals surface area contributed by atoms with Gasteiger partial charge in [-0.2, -0.15) is 0 Å². The van der Waals surface area contributed by atoms with Crippen LogP contribution < -0.4 is 10.5 Å². The highest BCUT2D eigenvalue weighted by Crippen LogP contribution is 2.17. The number of hydrogen-bond donors (Lipinski definition) is 2. The number of rotatable bonds is 4. The smallest absolute Gasteiger partial charge is 0.261 e. The Morgan fingerprint density at radius 1 is 1.11 bits per heavy atom. The number of hydrogen-bond acceptors (Lipinski definition) is 3. The molecule has 19 heavy (non-hydrogen) atoms. The molecule has 0 aliphatic rings. The first kappa shape index (κ1) is 13.6. The Kier molecular flexibility index (Phi) is 3.87. The van der Waals surface area contributed by atoms with Gasteiger partial charge in [0, 0.05) is 12.2 Å². The summed E-state index contributed by atoms with van der Waals surface area (Å²) in [5, 5.41) is 0. The molecule has 4 nitrogen and oxygen atoms in total. The summed E-state index contributed by atoms with van der Waals surface area (Å²) in [5.41, 5.74) is 7.94. The molecule has 0 unspecified atom stereocenters. The maximum absolute atomic E-state index is 12.2. The molecule has 0 saturated carbocycles. The largest absolute Gasteiger partial charge is 0.326 e. The minimum atomic E-state index is -3.55. The SMILES string of the molecule is Cc1cccc(NS(=O)(=O)c2ccc(CN)cc2)c1. The van der Waals surface area contributed by atoms with Crippen LogP contribution in [0, 0.1) is 6.92 Å². The molecule has 0 radical (unpaired) electrons. The third kappa shape index (κ3) is 3.33. The average molecular weight is 276 g/mol. The topological polar surface area (TPSA) is 72.2 Å². The maximum atomic E-state index is 12.2. The first-order valence-electron chi connectivity index (χ1n) is 5.90. The Bertz CT molecular complexity index is 664. The van der Waals surface area contributed by atoms with Crippen LogP contribution in [0.3, 0.4) is 0 Å². The molecule has 0 aliphatic carbocycles. The normalized spacial score (nSPS) is 11.3. The molecule has 0 aliphatic heterocycles. The predicted octanol–water partition coefficient (Wildman–Crippen LogP) is 2.25. The summed E-state index contributed by atoms with van der Waals surface area (Å²) in [4.78, 5) is 0.228. The number of anilines is 1. The van der Waals surface area contributed by atoms with E-state index >= 15 is 0 Å². The van der Waals surface area contributed by atoms with E-state index in [9.17, 15) is 8.42 Å². The average Bonchev–Trinajstić information content (AvgIpc) is 2.38. The fraction of sp³-hybridized carbons (Fsp3) is 0.143. The van der Waals surface area contributed by atoms with Crippen molar-refractivity contribution in [1.82, 2.24) is 0 Å². The van der Waals surface area contributed by atoms with Crippen LogP contribution in [0.15, 0.2) is 53.4 Å². The molecule has 0 heterocycles. The van der Waals surface area contributed by atoms with Crippen molar-refractivity contribution in [2.75, 3.05) is 4.72 Å². The molecule has 2 rings (SSSR count). The lowest BCUT2D eigenvalue weighted by Gasteiger charge is -2.09. The van der Waals surface area contributed by atoms with E-state index in [4.69, 9.17) is 5.73 Å². The first-order valence-corrected chi connectivity index (χ1v) is 7.38. The lowest BCUT2D eigenvalue weighted by Crippen LogP contribution is -2.13. The summed E-state index contributed by atoms with van der Waals surface area (Å²) >= 11 is 0. The van der Waals surface area contributed by atoms with Crippen LogP contribution >= 0.6 is 0 Å². The highest BCUT2D eigenvalue weighted by molar-refractivity contribution is 7.92. The van der Waals surface area contributed by atoms with E-state index in [2.05, 4.69) is 4.72 Å². The van der Waals surface area contributed by atoms with Gasteiger partial charge in [0.05, 0.1) is 4.90 Å². The maximum Gasteiger partial charge on any atom is 0.261 e. The summed E-state index contributed by atoms with van der Waals surface area (Å²) in [6.07, 6.45) is 0. The van der Waals surface area contributed by atoms with Gasteiger partial charge in [-0.25, -0.2) is 8.42 Å². The Morgan fingerprint density at radius 2 is 1.79 bits per heavy atom. The van der Waals surface area contributed by atoms with Crippen molar-refractivity contribution in [1.29, 1.82) is 0 Å². The van der Waals surface area contributed by atoms with E-state index in [1.54, 1.807) is 36.4 Å². The Morgan fingerprint density at radius 3 is 2.37 bits per heavy atom. The third-order valence-corrected chi connectivity index (χ3v) is 4.14. The van der Waals surface area contributed by atoms with E-state index in [0.717, 1.165) is 11.1 Å². The zero-order valence-corrected chi connectivity index (χ0v) is 11.4. The summed E-state index contributed by atoms with van der Waals surface area (Å²) in [6.45, 7) is 2.31. The summed E-state index contributed by atoms with van der Waals surface area (Å²) in [7, 11) is -3.55. The van der Waals surface area contributed by atoms with E-state index in [0.29, 0.717) is 12.2 Å². The molecule has 5 heteroatoms. The molecule has 0 atom stereocenters. The minimum absolute atomic E-state index is 0.228. The predicted molar refractivity (Wildman–Crippen MR) is 76.3 cm³/mol. The van der Waals surface area contributed by atoms with Gasteiger partial charge >= 0.3 is 0 Å². The minimum Gasteiger partial charge on any atom is -0.326 e. The van der Waals surface area contributed by atoms with Crippen molar-refractivity contribution >= 4 is 15.7 Å². The molecular weight excluding hydrogens is 260 g/mol. The van der Waals surface area contributed by atoms with Gasteiger partial charge in [0.2, 0.25) is 0 Å². The second-order valence-electron chi connectivity index (χ2n) is 4.32. The Hall–Kier alpha value is -1.85. The van der Waals surface area contributed by atoms with Crippen LogP contribution in [0.5, 0.6) is 0 Å². The Balaban J connectivity index is 2.27. The summed E-state index contributed by atoms with van der Waals surface area (Å²) < 4.78 is 26.9. The zero-order valence-electron chi connectivity index (χ0n) is 10.6. The molecule has 3 N–H and O–H groups in total. The van der Waals surface area contributed by atoms with Crippen molar-refractivity contribution < 1.29 is 8.42 Å². The molecule has 0 saturated heterocycles. The van der Waals surface area contributed by atoms with E-state index < -0.39 is 10.0 Å². The number of benzene rings is 2. The summed E-state index contributed by atoms with van der Waals surface area (Å²) in [5.74, 6) is 0. The van der Waals surface area contributed by atoms with Crippen LogP contribution in [-0.4, -0.2) is 8.42 Å². The van der Waals surface area contributed by atoms with Crippen LogP contribution in [0.25, 0.3) is 0 Å². The Labute approximate surface area is 113 Å². The highest BCUT2D eigenvalue weighted by Gasteiger charge is 2.13. The van der Waals surface area contributed by atoms with Crippen LogP contribution in [0.2, 0.25) is 0 Å². The molecule has 0 spiro atoms. The van der Waals surface area contributed by atoms with Gasteiger partial charge in [0.25, 0.3) is 10.0 Å². The van der Waals surface area contributed by atoms with Gasteiger partial charge < -0.3 is 5.73 Å². The second kappa shape index (κ2) is 5.42. The van der Waals surface area contributed by atoms with Gasteiger partial charge in [0.1, 0.15) is 0 Å². The fourth-order valence-corrected chi connectivity index (χ4v) is 2.78. The summed E-state index contributed by atoms with van der Waals surface area (Å²) in [6, 6.07) is 13.8. The fourth-order valence-electron chi connectivity index (χ4n) is 1.73. The van der Waals surface area contributed by atoms with Crippen molar-refractivity contribution in [3.05, 3.63) is 59.7 Å². The molecular formula is C14H16N2O2S. The first-order chi connectivity index (χ1) is 9.01. The highest BCUT2D eigenvalue weighted by atomic mass is 32.2. The van der Waals surface area contributed by atoms with Gasteiger partial charge in [-0.1, -0.05) is 24.3 Å². The van der Waals surface area contributed by atoms with Gasteiger partial charge in [-0.3, -0.25) is 4.72 Å². The molecule has 0 bridgehead atoms. The van der Waals surface area contributed by atoms with Crippen LogP contribution in [0.1, 0.15) is 11.1 Å². The molecule has 0 amide bonds. The monoisotopic (exact) mass is 276 g/mol. The van der Waals surface area contributed by atoms with Gasteiger partial charge in [-0.15, -0.1) is 0 Å². The van der Waals surface area contributed by atoms with Gasteiger partial charge in [-0.05, 0) is 42.3 Å². The lowest BCUT2D eigenvalue weighted by molar-refractivity contribution is 0.601. The number of sulfonamides is 1. The molecule has 100 valence electrons. The molecule has 2 aromatic carbocycles. The standard InChI is InChI=1S/C14H16N2O2S/c1-11-3-2-4-13(9-11)16-19(17,18)14-7-5-12(10-15)6-8-14/h2-9,16H,10,15H2,1H3. The molecule has 0 aromatic heterocycles. The van der Waals surface area contributed by atoms with E-state index in [-0.39, 0.29) is 4.90 Å². The zero-order chi connectivity index (χ0) is 13.9. The second-order valence-corrected chi connectivity index (χ2v) is 6.01. The molecule has 2 aromatic rings.